The Labute approximate surface area is 140 Å². The molecule has 0 aliphatic heterocycles. The summed E-state index contributed by atoms with van der Waals surface area (Å²) in [4.78, 5) is 11.3. The van der Waals surface area contributed by atoms with Crippen molar-refractivity contribution >= 4 is 17.3 Å². The first kappa shape index (κ1) is 17.6. The summed E-state index contributed by atoms with van der Waals surface area (Å²) < 4.78 is 23.3. The van der Waals surface area contributed by atoms with Gasteiger partial charge in [0.05, 0.1) is 17.3 Å². The Morgan fingerprint density at radius 1 is 0.958 bits per heavy atom. The van der Waals surface area contributed by atoms with Crippen LogP contribution in [0.3, 0.4) is 0 Å². The number of hydrogen-bond donors (Lipinski definition) is 0. The lowest BCUT2D eigenvalue weighted by molar-refractivity contribution is -0.148. The summed E-state index contributed by atoms with van der Waals surface area (Å²) in [6.07, 6.45) is 0. The zero-order valence-electron chi connectivity index (χ0n) is 13.6. The Kier molecular flexibility index (Phi) is 6.42. The molecule has 2 rings (SSSR count). The summed E-state index contributed by atoms with van der Waals surface area (Å²) in [5.74, 6) is -0.0447. The van der Waals surface area contributed by atoms with Gasteiger partial charge in [-0.3, -0.25) is 4.79 Å². The zero-order chi connectivity index (χ0) is 17.4. The quantitative estimate of drug-likeness (QED) is 0.415. The van der Waals surface area contributed by atoms with Gasteiger partial charge < -0.3 is 9.47 Å². The van der Waals surface area contributed by atoms with E-state index in [1.54, 1.807) is 50.2 Å². The van der Waals surface area contributed by atoms with Crippen LogP contribution < -0.4 is 4.74 Å². The van der Waals surface area contributed by atoms with Gasteiger partial charge in [-0.1, -0.05) is 13.8 Å². The third kappa shape index (κ3) is 5.79. The number of ether oxygens (including phenoxy) is 2. The topological polar surface area (TPSA) is 60.2 Å². The smallest absolute Gasteiger partial charge is 0.308 e. The number of rotatable bonds is 7. The van der Waals surface area contributed by atoms with E-state index in [2.05, 4.69) is 10.2 Å². The van der Waals surface area contributed by atoms with Crippen molar-refractivity contribution in [3.8, 4) is 5.75 Å². The molecular weight excluding hydrogens is 311 g/mol. The maximum atomic E-state index is 12.8. The second-order valence-corrected chi connectivity index (χ2v) is 5.34. The van der Waals surface area contributed by atoms with Crippen molar-refractivity contribution in [3.63, 3.8) is 0 Å². The standard InChI is InChI=1S/C18H19FN2O3/c1-13(2)18(22)24-12-11-23-17-9-7-16(8-10-17)21-20-15-5-3-14(19)4-6-15/h3-10,13H,11-12H2,1-2H3. The summed E-state index contributed by atoms with van der Waals surface area (Å²) in [5.41, 5.74) is 1.22. The highest BCUT2D eigenvalue weighted by Crippen LogP contribution is 2.21. The molecule has 0 amide bonds. The molecular formula is C18H19FN2O3. The fourth-order valence-corrected chi connectivity index (χ4v) is 1.70. The summed E-state index contributed by atoms with van der Waals surface area (Å²) in [6.45, 7) is 4.06. The molecule has 0 fully saturated rings. The number of hydrogen-bond acceptors (Lipinski definition) is 5. The molecule has 0 spiro atoms. The van der Waals surface area contributed by atoms with Crippen LogP contribution in [-0.4, -0.2) is 19.2 Å². The largest absolute Gasteiger partial charge is 0.490 e. The number of benzene rings is 2. The molecule has 0 aliphatic rings. The van der Waals surface area contributed by atoms with Crippen molar-refractivity contribution in [2.24, 2.45) is 16.1 Å². The van der Waals surface area contributed by atoms with E-state index in [4.69, 9.17) is 9.47 Å². The first-order valence-corrected chi connectivity index (χ1v) is 7.61. The van der Waals surface area contributed by atoms with Gasteiger partial charge in [-0.2, -0.15) is 10.2 Å². The Bertz CT molecular complexity index is 682. The third-order valence-electron chi connectivity index (χ3n) is 3.01. The van der Waals surface area contributed by atoms with Gasteiger partial charge in [0.25, 0.3) is 0 Å². The summed E-state index contributed by atoms with van der Waals surface area (Å²) in [7, 11) is 0. The number of halogens is 1. The predicted octanol–water partition coefficient (Wildman–Crippen LogP) is 4.82. The normalized spacial score (nSPS) is 11.0. The maximum absolute atomic E-state index is 12.8. The highest BCUT2D eigenvalue weighted by Gasteiger charge is 2.07. The molecule has 0 N–H and O–H groups in total. The second kappa shape index (κ2) is 8.76. The maximum Gasteiger partial charge on any atom is 0.308 e. The lowest BCUT2D eigenvalue weighted by Gasteiger charge is -2.08. The molecule has 0 atom stereocenters. The van der Waals surface area contributed by atoms with E-state index < -0.39 is 0 Å². The van der Waals surface area contributed by atoms with Crippen molar-refractivity contribution in [3.05, 3.63) is 54.3 Å². The molecule has 0 radical (unpaired) electrons. The number of nitrogens with zero attached hydrogens (tertiary/aromatic N) is 2. The Morgan fingerprint density at radius 2 is 1.50 bits per heavy atom. The molecule has 2 aromatic rings. The van der Waals surface area contributed by atoms with Crippen molar-refractivity contribution in [2.45, 2.75) is 13.8 Å². The van der Waals surface area contributed by atoms with E-state index in [1.807, 2.05) is 0 Å². The second-order valence-electron chi connectivity index (χ2n) is 5.34. The number of azo groups is 1. The minimum absolute atomic E-state index is 0.143. The summed E-state index contributed by atoms with van der Waals surface area (Å²) in [5, 5.41) is 8.08. The summed E-state index contributed by atoms with van der Waals surface area (Å²) >= 11 is 0. The summed E-state index contributed by atoms with van der Waals surface area (Å²) in [6, 6.07) is 12.8. The van der Waals surface area contributed by atoms with E-state index in [0.717, 1.165) is 0 Å². The van der Waals surface area contributed by atoms with Gasteiger partial charge in [-0.25, -0.2) is 4.39 Å². The third-order valence-corrected chi connectivity index (χ3v) is 3.01. The molecule has 24 heavy (non-hydrogen) atoms. The molecule has 0 aromatic heterocycles. The van der Waals surface area contributed by atoms with Crippen LogP contribution in [0, 0.1) is 11.7 Å². The first-order valence-electron chi connectivity index (χ1n) is 7.61. The number of esters is 1. The molecule has 0 saturated heterocycles. The van der Waals surface area contributed by atoms with Crippen LogP contribution >= 0.6 is 0 Å². The number of carbonyl (C=O) groups excluding carboxylic acids is 1. The van der Waals surface area contributed by atoms with Crippen molar-refractivity contribution in [1.29, 1.82) is 0 Å². The monoisotopic (exact) mass is 330 g/mol. The molecule has 126 valence electrons. The van der Waals surface area contributed by atoms with Gasteiger partial charge in [0.2, 0.25) is 0 Å². The van der Waals surface area contributed by atoms with E-state index in [9.17, 15) is 9.18 Å². The van der Waals surface area contributed by atoms with Crippen LogP contribution in [0.5, 0.6) is 5.75 Å². The molecule has 0 aliphatic carbocycles. The average Bonchev–Trinajstić information content (AvgIpc) is 2.59. The van der Waals surface area contributed by atoms with Crippen molar-refractivity contribution in [2.75, 3.05) is 13.2 Å². The van der Waals surface area contributed by atoms with Crippen LogP contribution in [0.25, 0.3) is 0 Å². The lowest BCUT2D eigenvalue weighted by Crippen LogP contribution is -2.16. The Balaban J connectivity index is 1.80. The van der Waals surface area contributed by atoms with E-state index in [0.29, 0.717) is 17.1 Å². The number of carbonyl (C=O) groups is 1. The minimum Gasteiger partial charge on any atom is -0.490 e. The fourth-order valence-electron chi connectivity index (χ4n) is 1.70. The van der Waals surface area contributed by atoms with Crippen molar-refractivity contribution < 1.29 is 18.7 Å². The van der Waals surface area contributed by atoms with Crippen LogP contribution in [0.1, 0.15) is 13.8 Å². The Morgan fingerprint density at radius 3 is 2.04 bits per heavy atom. The molecule has 6 heteroatoms. The van der Waals surface area contributed by atoms with Gasteiger partial charge in [0.1, 0.15) is 24.8 Å². The Hall–Kier alpha value is -2.76. The SMILES string of the molecule is CC(C)C(=O)OCCOc1ccc(N=Nc2ccc(F)cc2)cc1. The van der Waals surface area contributed by atoms with E-state index in [1.165, 1.54) is 12.1 Å². The molecule has 0 bridgehead atoms. The molecule has 5 nitrogen and oxygen atoms in total. The predicted molar refractivity (Wildman–Crippen MR) is 88.3 cm³/mol. The van der Waals surface area contributed by atoms with Crippen LogP contribution in [-0.2, 0) is 9.53 Å². The first-order chi connectivity index (χ1) is 11.5. The fraction of sp³-hybridized carbons (Fsp3) is 0.278. The van der Waals surface area contributed by atoms with Gasteiger partial charge >= 0.3 is 5.97 Å². The van der Waals surface area contributed by atoms with Crippen molar-refractivity contribution in [1.82, 2.24) is 0 Å². The van der Waals surface area contributed by atoms with Crippen LogP contribution in [0.15, 0.2) is 58.8 Å². The molecule has 2 aromatic carbocycles. The lowest BCUT2D eigenvalue weighted by atomic mass is 10.2. The van der Waals surface area contributed by atoms with Gasteiger partial charge in [-0.05, 0) is 48.5 Å². The molecule has 0 unspecified atom stereocenters. The average molecular weight is 330 g/mol. The van der Waals surface area contributed by atoms with Gasteiger partial charge in [0, 0.05) is 0 Å². The van der Waals surface area contributed by atoms with Gasteiger partial charge in [0.15, 0.2) is 0 Å². The molecule has 0 saturated carbocycles. The zero-order valence-corrected chi connectivity index (χ0v) is 13.6. The van der Waals surface area contributed by atoms with Crippen LogP contribution in [0.4, 0.5) is 15.8 Å². The van der Waals surface area contributed by atoms with E-state index in [-0.39, 0.29) is 30.9 Å². The van der Waals surface area contributed by atoms with Gasteiger partial charge in [-0.15, -0.1) is 0 Å². The van der Waals surface area contributed by atoms with Crippen LogP contribution in [0.2, 0.25) is 0 Å². The highest BCUT2D eigenvalue weighted by atomic mass is 19.1. The molecule has 0 heterocycles. The van der Waals surface area contributed by atoms with E-state index >= 15 is 0 Å². The minimum atomic E-state index is -0.311. The highest BCUT2D eigenvalue weighted by molar-refractivity contribution is 5.71.